The molecule has 0 spiro atoms. The Bertz CT molecular complexity index is 1610. The van der Waals surface area contributed by atoms with Gasteiger partial charge in [-0.25, -0.2) is 24.7 Å². The molecule has 0 saturated carbocycles. The van der Waals surface area contributed by atoms with Crippen molar-refractivity contribution in [1.29, 1.82) is 0 Å². The molecule has 0 unspecified atom stereocenters. The first-order valence-corrected chi connectivity index (χ1v) is 12.6. The highest BCUT2D eigenvalue weighted by Crippen LogP contribution is 2.26. The molecule has 0 aliphatic heterocycles. The lowest BCUT2D eigenvalue weighted by molar-refractivity contribution is -0.154. The van der Waals surface area contributed by atoms with Crippen molar-refractivity contribution in [1.82, 2.24) is 29.9 Å². The van der Waals surface area contributed by atoms with Gasteiger partial charge in [0.2, 0.25) is 10.6 Å². The van der Waals surface area contributed by atoms with Gasteiger partial charge in [-0.15, -0.1) is 0 Å². The minimum absolute atomic E-state index is 0.00711. The Morgan fingerprint density at radius 3 is 1.79 bits per heavy atom. The van der Waals surface area contributed by atoms with Gasteiger partial charge >= 0.3 is 18.3 Å². The molecule has 4 aromatic heterocycles. The summed E-state index contributed by atoms with van der Waals surface area (Å²) < 4.78 is 96.2. The molecule has 0 atom stereocenters. The minimum Gasteiger partial charge on any atom is -0.482 e. The number of nitrogen functional groups attached to an aromatic ring is 1. The minimum atomic E-state index is -4.50. The molecule has 0 aliphatic carbocycles. The first kappa shape index (κ1) is 38.1. The second-order valence-corrected chi connectivity index (χ2v) is 8.45. The Balaban J connectivity index is 0.000000375. The van der Waals surface area contributed by atoms with E-state index in [-0.39, 0.29) is 44.8 Å². The lowest BCUT2D eigenvalue weighted by Crippen LogP contribution is -2.20. The molecule has 47 heavy (non-hydrogen) atoms. The largest absolute Gasteiger partial charge is 0.482 e. The van der Waals surface area contributed by atoms with Crippen LogP contribution in [0.15, 0.2) is 61.4 Å². The van der Waals surface area contributed by atoms with Crippen LogP contribution in [0.25, 0.3) is 0 Å². The third kappa shape index (κ3) is 16.7. The number of nitrogens with two attached hydrogens (primary N) is 1. The number of aromatic carboxylic acids is 1. The Hall–Kier alpha value is -5.11. The lowest BCUT2D eigenvalue weighted by Gasteiger charge is -2.13. The van der Waals surface area contributed by atoms with E-state index < -0.39 is 44.6 Å². The zero-order valence-electron chi connectivity index (χ0n) is 24.1. The molecule has 1 amide bonds. The first-order chi connectivity index (χ1) is 22.5. The maximum absolute atomic E-state index is 12.2. The smallest absolute Gasteiger partial charge is 0.422 e. The summed E-state index contributed by atoms with van der Waals surface area (Å²) in [6.45, 7) is -2.83. The molecule has 0 fully saturated rings. The molecule has 0 aromatic carbocycles. The van der Waals surface area contributed by atoms with Crippen LogP contribution < -0.4 is 20.5 Å². The van der Waals surface area contributed by atoms with E-state index in [4.69, 9.17) is 35.4 Å². The van der Waals surface area contributed by atoms with Crippen LogP contribution in [0.2, 0.25) is 10.6 Å². The van der Waals surface area contributed by atoms with Crippen molar-refractivity contribution in [3.63, 3.8) is 0 Å². The number of alkyl halides is 7. The number of carbonyl (C=O) groups excluding carboxylic acids is 1. The summed E-state index contributed by atoms with van der Waals surface area (Å²) in [5.41, 5.74) is 5.22. The highest BCUT2D eigenvalue weighted by atomic mass is 35.5. The summed E-state index contributed by atoms with van der Waals surface area (Å²) >= 11 is 10.9. The predicted octanol–water partition coefficient (Wildman–Crippen LogP) is 5.74. The molecule has 22 heteroatoms. The number of halogens is 9. The van der Waals surface area contributed by atoms with Crippen molar-refractivity contribution >= 4 is 46.5 Å². The third-order valence-corrected chi connectivity index (χ3v) is 4.69. The van der Waals surface area contributed by atoms with Crippen LogP contribution in [0.1, 0.15) is 22.3 Å². The molecular formula is C25H21Cl2F7N8O5. The summed E-state index contributed by atoms with van der Waals surface area (Å²) in [5.74, 6) is -1.97. The SMILES string of the molecule is Nc1cnccc1OCC(F)(F)F.O=C(Nc1cnccc1OCC(F)(F)F)c1ccnc(Cl)n1.O=C(O)c1ccnc(Cl)n1.[2H]CF. The quantitative estimate of drug-likeness (QED) is 0.156. The summed E-state index contributed by atoms with van der Waals surface area (Å²) in [5, 5.41) is 10.5. The Morgan fingerprint density at radius 2 is 1.32 bits per heavy atom. The van der Waals surface area contributed by atoms with Crippen molar-refractivity contribution in [2.75, 3.05) is 31.4 Å². The highest BCUT2D eigenvalue weighted by molar-refractivity contribution is 6.28. The van der Waals surface area contributed by atoms with Gasteiger partial charge in [0.15, 0.2) is 18.9 Å². The number of nitrogens with zero attached hydrogens (tertiary/aromatic N) is 6. The molecule has 0 radical (unpaired) electrons. The molecule has 0 bridgehead atoms. The van der Waals surface area contributed by atoms with E-state index in [1.54, 1.807) is 0 Å². The standard InChI is InChI=1S/C12H8ClF3N4O2.C7H7F3N2O.C5H3ClN2O2.CH3F/c13-11-18-4-1-7(20-11)10(21)19-8-5-17-3-2-9(8)22-6-12(14,15)16;8-7(9,10)4-13-6-1-2-12-3-5(6)11;6-5-7-2-1-3(8-5)4(9)10;1-2/h1-5H,6H2,(H,19,21);1-3H,4,11H2;1-2H,(H,9,10);1H3/i;;;1D. The van der Waals surface area contributed by atoms with E-state index in [1.165, 1.54) is 55.2 Å². The van der Waals surface area contributed by atoms with Crippen molar-refractivity contribution in [3.8, 4) is 11.5 Å². The van der Waals surface area contributed by atoms with Crippen LogP contribution in [-0.4, -0.2) is 79.6 Å². The van der Waals surface area contributed by atoms with Crippen LogP contribution >= 0.6 is 23.2 Å². The number of ether oxygens (including phenoxy) is 2. The molecule has 254 valence electrons. The molecule has 4 N–H and O–H groups in total. The number of hydrogen-bond acceptors (Lipinski definition) is 11. The van der Waals surface area contributed by atoms with Crippen molar-refractivity contribution in [3.05, 3.63) is 83.4 Å². The zero-order valence-corrected chi connectivity index (χ0v) is 24.6. The molecule has 13 nitrogen and oxygen atoms in total. The fourth-order valence-corrected chi connectivity index (χ4v) is 2.84. The van der Waals surface area contributed by atoms with Gasteiger partial charge in [-0.2, -0.15) is 26.3 Å². The Morgan fingerprint density at radius 1 is 0.851 bits per heavy atom. The number of hydrogen-bond donors (Lipinski definition) is 3. The first-order valence-electron chi connectivity index (χ1n) is 12.6. The third-order valence-electron chi connectivity index (χ3n) is 4.33. The van der Waals surface area contributed by atoms with E-state index >= 15 is 0 Å². The van der Waals surface area contributed by atoms with Crippen molar-refractivity contribution < 1.29 is 56.3 Å². The molecule has 4 heterocycles. The summed E-state index contributed by atoms with van der Waals surface area (Å²) in [6.07, 6.45) is -1.35. The topological polar surface area (TPSA) is 188 Å². The van der Waals surface area contributed by atoms with E-state index in [9.17, 15) is 40.3 Å². The molecule has 4 rings (SSSR count). The van der Waals surface area contributed by atoms with Crippen LogP contribution in [0, 0.1) is 0 Å². The number of anilines is 2. The number of carboxylic acids is 1. The Kier molecular flexibility index (Phi) is 15.7. The Labute approximate surface area is 271 Å². The van der Waals surface area contributed by atoms with Gasteiger partial charge in [0.25, 0.3) is 5.91 Å². The van der Waals surface area contributed by atoms with Crippen LogP contribution in [0.4, 0.5) is 42.1 Å². The maximum atomic E-state index is 12.2. The lowest BCUT2D eigenvalue weighted by atomic mass is 10.3. The second-order valence-electron chi connectivity index (χ2n) is 7.77. The maximum Gasteiger partial charge on any atom is 0.422 e. The van der Waals surface area contributed by atoms with Gasteiger partial charge in [-0.3, -0.25) is 19.2 Å². The van der Waals surface area contributed by atoms with E-state index in [2.05, 4.69) is 44.7 Å². The van der Waals surface area contributed by atoms with Crippen LogP contribution in [-0.2, 0) is 0 Å². The molecular weight excluding hydrogens is 696 g/mol. The normalized spacial score (nSPS) is 10.7. The number of pyridine rings is 2. The number of amides is 1. The number of nitrogens with one attached hydrogen (secondary N) is 1. The van der Waals surface area contributed by atoms with Crippen LogP contribution in [0.3, 0.4) is 0 Å². The van der Waals surface area contributed by atoms with Gasteiger partial charge in [0.1, 0.15) is 22.9 Å². The second kappa shape index (κ2) is 19.4. The van der Waals surface area contributed by atoms with E-state index in [0.717, 1.165) is 6.20 Å². The fourth-order valence-electron chi connectivity index (χ4n) is 2.55. The predicted molar refractivity (Wildman–Crippen MR) is 152 cm³/mol. The summed E-state index contributed by atoms with van der Waals surface area (Å²) in [7, 11) is -1.00. The highest BCUT2D eigenvalue weighted by Gasteiger charge is 2.29. The molecule has 0 aliphatic rings. The van der Waals surface area contributed by atoms with E-state index in [1.807, 2.05) is 0 Å². The molecule has 0 saturated heterocycles. The number of carboxylic acid groups (broad SMARTS) is 1. The van der Waals surface area contributed by atoms with E-state index in [0.29, 0.717) is 0 Å². The number of rotatable bonds is 7. The van der Waals surface area contributed by atoms with Crippen molar-refractivity contribution in [2.24, 2.45) is 0 Å². The fraction of sp³-hybridized carbons (Fsp3) is 0.200. The van der Waals surface area contributed by atoms with Gasteiger partial charge in [-0.05, 0) is 35.3 Å². The van der Waals surface area contributed by atoms with Gasteiger partial charge in [-0.1, -0.05) is 0 Å². The summed E-state index contributed by atoms with van der Waals surface area (Å²) in [6, 6.07) is 5.05. The average Bonchev–Trinajstić information content (AvgIpc) is 3.00. The van der Waals surface area contributed by atoms with Gasteiger partial charge < -0.3 is 25.6 Å². The number of aromatic nitrogens is 6. The zero-order chi connectivity index (χ0) is 36.3. The van der Waals surface area contributed by atoms with Crippen molar-refractivity contribution in [2.45, 2.75) is 12.4 Å². The number of carbonyl (C=O) groups is 2. The average molecular weight is 718 g/mol. The monoisotopic (exact) mass is 717 g/mol. The van der Waals surface area contributed by atoms with Gasteiger partial charge in [0, 0.05) is 36.9 Å². The van der Waals surface area contributed by atoms with Crippen LogP contribution in [0.5, 0.6) is 11.5 Å². The van der Waals surface area contributed by atoms with Gasteiger partial charge in [0.05, 0.1) is 26.6 Å². The molecule has 4 aromatic rings. The summed E-state index contributed by atoms with van der Waals surface area (Å²) in [4.78, 5) is 43.7.